The fourth-order valence-corrected chi connectivity index (χ4v) is 3.12. The van der Waals surface area contributed by atoms with Crippen molar-refractivity contribution in [3.05, 3.63) is 0 Å². The molecule has 14 heteroatoms. The van der Waals surface area contributed by atoms with Gasteiger partial charge in [-0.3, -0.25) is 19.2 Å². The summed E-state index contributed by atoms with van der Waals surface area (Å²) in [6, 6.07) is 0. The smallest absolute Gasteiger partial charge is 0.305 e. The van der Waals surface area contributed by atoms with Gasteiger partial charge >= 0.3 is 5.97 Å². The molecule has 0 rings (SSSR count). The number of carbonyl (C=O) groups is 4. The number of ketones is 2. The highest BCUT2D eigenvalue weighted by Crippen LogP contribution is 1.98. The maximum absolute atomic E-state index is 11.9. The van der Waals surface area contributed by atoms with E-state index in [1.54, 1.807) is 0 Å². The lowest BCUT2D eigenvalue weighted by molar-refractivity contribution is -0.138. The summed E-state index contributed by atoms with van der Waals surface area (Å²) in [5, 5.41) is 11.2. The maximum atomic E-state index is 11.9. The summed E-state index contributed by atoms with van der Waals surface area (Å²) in [5.41, 5.74) is 0. The Bertz CT molecular complexity index is 637. The van der Waals surface area contributed by atoms with Crippen molar-refractivity contribution in [3.63, 3.8) is 0 Å². The van der Waals surface area contributed by atoms with Gasteiger partial charge in [-0.25, -0.2) is 0 Å². The zero-order chi connectivity index (χ0) is 31.6. The molecular weight excluding hydrogens is 570 g/mol. The average molecular weight is 624 g/mol. The molecule has 0 spiro atoms. The van der Waals surface area contributed by atoms with Crippen LogP contribution in [0.2, 0.25) is 0 Å². The molecule has 0 aromatic carbocycles. The van der Waals surface area contributed by atoms with E-state index in [1.807, 2.05) is 0 Å². The van der Waals surface area contributed by atoms with Gasteiger partial charge in [0.15, 0.2) is 0 Å². The average Bonchev–Trinajstić information content (AvgIpc) is 2.97. The molecule has 0 heterocycles. The fraction of sp³-hybridized carbons (Fsp3) is 0.862. The molecule has 0 fully saturated rings. The van der Waals surface area contributed by atoms with Crippen LogP contribution in [0.15, 0.2) is 0 Å². The summed E-state index contributed by atoms with van der Waals surface area (Å²) in [7, 11) is 0. The van der Waals surface area contributed by atoms with Crippen LogP contribution in [-0.4, -0.2) is 141 Å². The minimum absolute atomic E-state index is 0.0200. The number of nitrogens with one attached hydrogen (secondary N) is 1. The van der Waals surface area contributed by atoms with E-state index in [1.165, 1.54) is 6.92 Å². The normalized spacial score (nSPS) is 11.1. The molecule has 0 aliphatic rings. The molecule has 2 N–H and O–H groups in total. The summed E-state index contributed by atoms with van der Waals surface area (Å²) in [6.07, 6.45) is 2.79. The quantitative estimate of drug-likeness (QED) is 0.0965. The van der Waals surface area contributed by atoms with Crippen LogP contribution < -0.4 is 5.32 Å². The van der Waals surface area contributed by atoms with Gasteiger partial charge in [0.05, 0.1) is 92.3 Å². The molecule has 0 aliphatic carbocycles. The monoisotopic (exact) mass is 623 g/mol. The second-order valence-electron chi connectivity index (χ2n) is 9.34. The maximum Gasteiger partial charge on any atom is 0.305 e. The Morgan fingerprint density at radius 2 is 0.884 bits per heavy atom. The molecule has 0 aliphatic heterocycles. The van der Waals surface area contributed by atoms with Crippen LogP contribution >= 0.6 is 0 Å². The Labute approximate surface area is 255 Å². The molecule has 0 bridgehead atoms. The zero-order valence-electron chi connectivity index (χ0n) is 25.8. The molecule has 0 saturated carbocycles. The van der Waals surface area contributed by atoms with Crippen molar-refractivity contribution < 1.29 is 62.2 Å². The molecule has 43 heavy (non-hydrogen) atoms. The standard InChI is InChI=1S/C29H53NO13/c1-26(31)5-13-39-19-23-43-25-21-41-17-9-30-28(33)7-15-37-12-3-11-36-14-6-27(32)4-2-10-38-18-22-42-24-20-40-16-8-29(34)35/h2-25H2,1H3,(H,30,33)(H,34,35). The first-order valence-corrected chi connectivity index (χ1v) is 15.0. The van der Waals surface area contributed by atoms with Crippen LogP contribution in [0.1, 0.15) is 51.9 Å². The summed E-state index contributed by atoms with van der Waals surface area (Å²) in [5.74, 6) is -0.762. The minimum Gasteiger partial charge on any atom is -0.481 e. The van der Waals surface area contributed by atoms with Gasteiger partial charge in [-0.1, -0.05) is 0 Å². The lowest BCUT2D eigenvalue weighted by Crippen LogP contribution is -2.28. The molecule has 252 valence electrons. The van der Waals surface area contributed by atoms with E-state index in [4.69, 9.17) is 43.0 Å². The topological polar surface area (TPSA) is 174 Å². The van der Waals surface area contributed by atoms with Crippen molar-refractivity contribution in [2.75, 3.05) is 112 Å². The Morgan fingerprint density at radius 1 is 0.465 bits per heavy atom. The van der Waals surface area contributed by atoms with Crippen LogP contribution in [0.3, 0.4) is 0 Å². The number of amides is 1. The summed E-state index contributed by atoms with van der Waals surface area (Å²) >= 11 is 0. The van der Waals surface area contributed by atoms with Crippen LogP contribution in [0.25, 0.3) is 0 Å². The Morgan fingerprint density at radius 3 is 1.44 bits per heavy atom. The predicted molar refractivity (Wildman–Crippen MR) is 155 cm³/mol. The molecule has 0 aromatic rings. The lowest BCUT2D eigenvalue weighted by atomic mass is 10.2. The van der Waals surface area contributed by atoms with Crippen molar-refractivity contribution in [2.24, 2.45) is 0 Å². The van der Waals surface area contributed by atoms with Crippen molar-refractivity contribution in [1.29, 1.82) is 0 Å². The second-order valence-corrected chi connectivity index (χ2v) is 9.34. The third kappa shape index (κ3) is 36.1. The van der Waals surface area contributed by atoms with E-state index < -0.39 is 5.97 Å². The van der Waals surface area contributed by atoms with Crippen molar-refractivity contribution in [2.45, 2.75) is 51.9 Å². The number of carboxylic acids is 1. The van der Waals surface area contributed by atoms with E-state index in [0.29, 0.717) is 138 Å². The van der Waals surface area contributed by atoms with Crippen LogP contribution in [0, 0.1) is 0 Å². The number of rotatable bonds is 35. The predicted octanol–water partition coefficient (Wildman–Crippen LogP) is 1.21. The van der Waals surface area contributed by atoms with E-state index in [9.17, 15) is 19.2 Å². The van der Waals surface area contributed by atoms with E-state index in [0.717, 1.165) is 0 Å². The van der Waals surface area contributed by atoms with E-state index >= 15 is 0 Å². The van der Waals surface area contributed by atoms with E-state index in [-0.39, 0.29) is 36.9 Å². The number of hydrogen-bond donors (Lipinski definition) is 2. The number of hydrogen-bond acceptors (Lipinski definition) is 12. The largest absolute Gasteiger partial charge is 0.481 e. The molecule has 1 amide bonds. The van der Waals surface area contributed by atoms with Gasteiger partial charge < -0.3 is 48.3 Å². The third-order valence-electron chi connectivity index (χ3n) is 5.44. The van der Waals surface area contributed by atoms with Gasteiger partial charge in [0.2, 0.25) is 5.91 Å². The highest BCUT2D eigenvalue weighted by Gasteiger charge is 2.04. The molecule has 0 saturated heterocycles. The van der Waals surface area contributed by atoms with Gasteiger partial charge in [0, 0.05) is 52.0 Å². The highest BCUT2D eigenvalue weighted by molar-refractivity contribution is 5.78. The van der Waals surface area contributed by atoms with Crippen LogP contribution in [0.5, 0.6) is 0 Å². The van der Waals surface area contributed by atoms with Crippen molar-refractivity contribution in [1.82, 2.24) is 5.32 Å². The molecule has 0 unspecified atom stereocenters. The lowest BCUT2D eigenvalue weighted by Gasteiger charge is -2.08. The summed E-state index contributed by atoms with van der Waals surface area (Å²) in [6.45, 7) is 8.36. The highest BCUT2D eigenvalue weighted by atomic mass is 16.5. The van der Waals surface area contributed by atoms with Crippen molar-refractivity contribution >= 4 is 23.4 Å². The zero-order valence-corrected chi connectivity index (χ0v) is 25.8. The van der Waals surface area contributed by atoms with Crippen LogP contribution in [0.4, 0.5) is 0 Å². The van der Waals surface area contributed by atoms with Crippen molar-refractivity contribution in [3.8, 4) is 0 Å². The second kappa shape index (κ2) is 32.9. The van der Waals surface area contributed by atoms with Gasteiger partial charge in [-0.2, -0.15) is 0 Å². The van der Waals surface area contributed by atoms with E-state index in [2.05, 4.69) is 5.32 Å². The fourth-order valence-electron chi connectivity index (χ4n) is 3.12. The first-order valence-electron chi connectivity index (χ1n) is 15.0. The summed E-state index contributed by atoms with van der Waals surface area (Å²) < 4.78 is 42.7. The van der Waals surface area contributed by atoms with Gasteiger partial charge in [-0.15, -0.1) is 0 Å². The van der Waals surface area contributed by atoms with Gasteiger partial charge in [0.25, 0.3) is 0 Å². The summed E-state index contributed by atoms with van der Waals surface area (Å²) in [4.78, 5) is 44.8. The molecule has 0 atom stereocenters. The molecule has 0 aromatic heterocycles. The van der Waals surface area contributed by atoms with Crippen LogP contribution in [-0.2, 0) is 57.1 Å². The Kier molecular flexibility index (Phi) is 31.3. The Balaban J connectivity index is 3.26. The molecule has 14 nitrogen and oxygen atoms in total. The number of carboxylic acid groups (broad SMARTS) is 1. The number of carbonyl (C=O) groups excluding carboxylic acids is 3. The SMILES string of the molecule is CC(=O)CCOCCOCCOCCNC(=O)CCOCCCOCCC(=O)CCCOCCOCCOCCC(=O)O. The van der Waals surface area contributed by atoms with Gasteiger partial charge in [0.1, 0.15) is 11.6 Å². The number of Topliss-reactive ketones (excluding diaryl/α,β-unsaturated/α-hetero) is 2. The Hall–Kier alpha value is -2.04. The molecular formula is C29H53NO13. The first-order chi connectivity index (χ1) is 20.9. The van der Waals surface area contributed by atoms with Gasteiger partial charge in [-0.05, 0) is 19.8 Å². The first kappa shape index (κ1) is 41.0. The minimum atomic E-state index is -0.890. The number of aliphatic carboxylic acids is 1. The molecule has 0 radical (unpaired) electrons. The third-order valence-corrected chi connectivity index (χ3v) is 5.44. The number of ether oxygens (including phenoxy) is 8.